The van der Waals surface area contributed by atoms with Crippen LogP contribution in [0.2, 0.25) is 5.02 Å². The van der Waals surface area contributed by atoms with E-state index < -0.39 is 6.04 Å². The van der Waals surface area contributed by atoms with E-state index in [2.05, 4.69) is 20.6 Å². The molecule has 2 rings (SSSR count). The third kappa shape index (κ3) is 4.29. The van der Waals surface area contributed by atoms with Crippen LogP contribution >= 0.6 is 24.0 Å². The van der Waals surface area contributed by atoms with Crippen LogP contribution in [0.3, 0.4) is 0 Å². The maximum atomic E-state index is 11.3. The number of nitrogens with one attached hydrogen (secondary N) is 2. The van der Waals surface area contributed by atoms with Crippen LogP contribution in [-0.4, -0.2) is 25.0 Å². The number of benzene rings is 1. The minimum Gasteiger partial charge on any atom is -0.467 e. The van der Waals surface area contributed by atoms with Crippen LogP contribution in [0.1, 0.15) is 12.8 Å². The maximum absolute atomic E-state index is 11.3. The third-order valence-electron chi connectivity index (χ3n) is 2.62. The number of carbonyl (C=O) groups excluding carboxylic acids is 1. The molecular weight excluding hydrogens is 289 g/mol. The largest absolute Gasteiger partial charge is 0.467 e. The van der Waals surface area contributed by atoms with Gasteiger partial charge < -0.3 is 4.74 Å². The van der Waals surface area contributed by atoms with Crippen molar-refractivity contribution in [2.45, 2.75) is 18.9 Å². The summed E-state index contributed by atoms with van der Waals surface area (Å²) in [6.45, 7) is 0. The number of carbonyl (C=O) groups is 1. The summed E-state index contributed by atoms with van der Waals surface area (Å²) >= 11 is 5.86. The number of methoxy groups -OCH3 is 1. The quantitative estimate of drug-likeness (QED) is 0.665. The molecule has 1 atom stereocenters. The lowest BCUT2D eigenvalue weighted by Gasteiger charge is -2.09. The number of esters is 1. The minimum atomic E-state index is -0.390. The molecule has 1 aliphatic rings. The summed E-state index contributed by atoms with van der Waals surface area (Å²) in [6, 6.07) is 6.93. The van der Waals surface area contributed by atoms with Crippen molar-refractivity contribution in [3.8, 4) is 0 Å². The molecule has 1 heterocycles. The van der Waals surface area contributed by atoms with Gasteiger partial charge in [0.05, 0.1) is 12.8 Å². The smallest absolute Gasteiger partial charge is 0.330 e. The van der Waals surface area contributed by atoms with E-state index in [1.807, 2.05) is 12.1 Å². The van der Waals surface area contributed by atoms with Crippen LogP contribution in [0, 0.1) is 0 Å². The molecule has 1 aliphatic heterocycles. The first-order chi connectivity index (χ1) is 8.69. The second-order valence-corrected chi connectivity index (χ2v) is 4.35. The molecule has 1 unspecified atom stereocenters. The monoisotopic (exact) mass is 303 g/mol. The molecule has 0 radical (unpaired) electrons. The first-order valence-corrected chi connectivity index (χ1v) is 5.99. The van der Waals surface area contributed by atoms with Crippen LogP contribution in [-0.2, 0) is 9.53 Å². The van der Waals surface area contributed by atoms with Crippen molar-refractivity contribution in [1.29, 1.82) is 0 Å². The number of ether oxygens (including phenoxy) is 1. The summed E-state index contributed by atoms with van der Waals surface area (Å²) in [5.74, 6) is 0.444. The Bertz CT molecular complexity index is 480. The van der Waals surface area contributed by atoms with E-state index in [1.54, 1.807) is 12.1 Å². The minimum absolute atomic E-state index is 0. The number of hydrogen-bond acceptors (Lipinski definition) is 5. The number of hydrogen-bond donors (Lipinski definition) is 2. The lowest BCUT2D eigenvalue weighted by atomic mass is 10.2. The number of hydrazine groups is 1. The van der Waals surface area contributed by atoms with Gasteiger partial charge in [0.25, 0.3) is 0 Å². The van der Waals surface area contributed by atoms with Gasteiger partial charge in [-0.05, 0) is 24.6 Å². The third-order valence-corrected chi connectivity index (χ3v) is 2.85. The molecule has 0 bridgehead atoms. The molecule has 1 aromatic rings. The molecule has 0 saturated heterocycles. The Balaban J connectivity index is 0.00000180. The second-order valence-electron chi connectivity index (χ2n) is 3.91. The molecule has 0 aliphatic carbocycles. The van der Waals surface area contributed by atoms with E-state index in [1.165, 1.54) is 7.11 Å². The topological polar surface area (TPSA) is 62.7 Å². The molecule has 19 heavy (non-hydrogen) atoms. The van der Waals surface area contributed by atoms with E-state index in [0.717, 1.165) is 11.5 Å². The fourth-order valence-electron chi connectivity index (χ4n) is 1.70. The van der Waals surface area contributed by atoms with Gasteiger partial charge in [0.15, 0.2) is 0 Å². The predicted molar refractivity (Wildman–Crippen MR) is 77.9 cm³/mol. The number of nitrogens with zero attached hydrogens (tertiary/aromatic N) is 1. The van der Waals surface area contributed by atoms with Gasteiger partial charge in [0.1, 0.15) is 11.9 Å². The van der Waals surface area contributed by atoms with E-state index in [0.29, 0.717) is 17.9 Å². The molecule has 0 spiro atoms. The molecule has 5 nitrogen and oxygen atoms in total. The average Bonchev–Trinajstić information content (AvgIpc) is 2.84. The summed E-state index contributed by atoms with van der Waals surface area (Å²) in [5, 5.41) is 0.655. The normalized spacial score (nSPS) is 17.2. The van der Waals surface area contributed by atoms with Gasteiger partial charge in [0, 0.05) is 11.4 Å². The van der Waals surface area contributed by atoms with Crippen LogP contribution in [0.5, 0.6) is 0 Å². The number of aliphatic imine (C=N–C) groups is 1. The standard InChI is InChI=1S/C12H14ClN3O2.ClH/c1-18-12(17)10-5-6-11(14-10)16-15-9-4-2-3-8(13)7-9;/h2-4,7,10,15H,5-6H2,1H3,(H,14,16);1H. The van der Waals surface area contributed by atoms with Gasteiger partial charge in [-0.3, -0.25) is 15.8 Å². The highest BCUT2D eigenvalue weighted by molar-refractivity contribution is 6.30. The summed E-state index contributed by atoms with van der Waals surface area (Å²) in [4.78, 5) is 15.5. The first kappa shape index (κ1) is 15.6. The van der Waals surface area contributed by atoms with Gasteiger partial charge in [-0.1, -0.05) is 17.7 Å². The summed E-state index contributed by atoms with van der Waals surface area (Å²) in [7, 11) is 1.37. The molecule has 7 heteroatoms. The maximum Gasteiger partial charge on any atom is 0.330 e. The van der Waals surface area contributed by atoms with Gasteiger partial charge in [-0.15, -0.1) is 12.4 Å². The molecule has 0 fully saturated rings. The zero-order chi connectivity index (χ0) is 13.0. The zero-order valence-corrected chi connectivity index (χ0v) is 11.9. The highest BCUT2D eigenvalue weighted by atomic mass is 35.5. The summed E-state index contributed by atoms with van der Waals surface area (Å²) in [6.07, 6.45) is 1.39. The Kier molecular flexibility index (Phi) is 5.92. The molecule has 0 saturated carbocycles. The fourth-order valence-corrected chi connectivity index (χ4v) is 1.89. The van der Waals surface area contributed by atoms with E-state index in [-0.39, 0.29) is 18.4 Å². The second kappa shape index (κ2) is 7.21. The van der Waals surface area contributed by atoms with Crippen LogP contribution in [0.25, 0.3) is 0 Å². The Morgan fingerprint density at radius 3 is 2.95 bits per heavy atom. The average molecular weight is 304 g/mol. The van der Waals surface area contributed by atoms with Gasteiger partial charge >= 0.3 is 5.97 Å². The van der Waals surface area contributed by atoms with Crippen molar-refractivity contribution in [1.82, 2.24) is 5.43 Å². The van der Waals surface area contributed by atoms with Crippen molar-refractivity contribution in [3.05, 3.63) is 29.3 Å². The van der Waals surface area contributed by atoms with Crippen LogP contribution < -0.4 is 10.9 Å². The fraction of sp³-hybridized carbons (Fsp3) is 0.333. The highest BCUT2D eigenvalue weighted by Crippen LogP contribution is 2.16. The summed E-state index contributed by atoms with van der Waals surface area (Å²) in [5.41, 5.74) is 6.79. The first-order valence-electron chi connectivity index (χ1n) is 5.61. The Labute approximate surface area is 122 Å². The zero-order valence-electron chi connectivity index (χ0n) is 10.4. The summed E-state index contributed by atoms with van der Waals surface area (Å²) < 4.78 is 4.65. The molecule has 0 amide bonds. The van der Waals surface area contributed by atoms with Crippen molar-refractivity contribution in [2.24, 2.45) is 4.99 Å². The molecule has 104 valence electrons. The van der Waals surface area contributed by atoms with Gasteiger partial charge in [-0.2, -0.15) is 0 Å². The lowest BCUT2D eigenvalue weighted by molar-refractivity contribution is -0.141. The Morgan fingerprint density at radius 1 is 1.47 bits per heavy atom. The van der Waals surface area contributed by atoms with E-state index in [9.17, 15) is 4.79 Å². The Morgan fingerprint density at radius 2 is 2.26 bits per heavy atom. The van der Waals surface area contributed by atoms with Crippen molar-refractivity contribution in [2.75, 3.05) is 12.5 Å². The van der Waals surface area contributed by atoms with Crippen molar-refractivity contribution in [3.63, 3.8) is 0 Å². The molecule has 2 N–H and O–H groups in total. The van der Waals surface area contributed by atoms with Gasteiger partial charge in [-0.25, -0.2) is 4.79 Å². The molecular formula is C12H15Cl2N3O2. The number of halogens is 2. The van der Waals surface area contributed by atoms with Gasteiger partial charge in [0.2, 0.25) is 0 Å². The molecule has 0 aromatic heterocycles. The van der Waals surface area contributed by atoms with E-state index >= 15 is 0 Å². The van der Waals surface area contributed by atoms with Crippen molar-refractivity contribution >= 4 is 41.5 Å². The number of amidine groups is 1. The molecule has 1 aromatic carbocycles. The lowest BCUT2D eigenvalue weighted by Crippen LogP contribution is -2.28. The number of rotatable bonds is 3. The SMILES string of the molecule is COC(=O)C1CCC(NNc2cccc(Cl)c2)=N1.Cl. The Hall–Kier alpha value is -1.46. The van der Waals surface area contributed by atoms with Crippen LogP contribution in [0.15, 0.2) is 29.3 Å². The number of anilines is 1. The van der Waals surface area contributed by atoms with Crippen molar-refractivity contribution < 1.29 is 9.53 Å². The van der Waals surface area contributed by atoms with E-state index in [4.69, 9.17) is 11.6 Å². The van der Waals surface area contributed by atoms with Crippen LogP contribution in [0.4, 0.5) is 5.69 Å². The predicted octanol–water partition coefficient (Wildman–Crippen LogP) is 2.41. The highest BCUT2D eigenvalue weighted by Gasteiger charge is 2.24.